The third-order valence-corrected chi connectivity index (χ3v) is 4.09. The van der Waals surface area contributed by atoms with Crippen molar-refractivity contribution in [2.45, 2.75) is 44.2 Å². The first-order valence-electron chi connectivity index (χ1n) is 6.50. The number of benzene rings is 1. The Morgan fingerprint density at radius 3 is 2.33 bits per heavy atom. The molecule has 0 aliphatic carbocycles. The van der Waals surface area contributed by atoms with E-state index in [9.17, 15) is 4.79 Å². The lowest BCUT2D eigenvalue weighted by atomic mass is 10.0. The van der Waals surface area contributed by atoms with Crippen molar-refractivity contribution in [3.63, 3.8) is 0 Å². The zero-order valence-corrected chi connectivity index (χ0v) is 12.5. The van der Waals surface area contributed by atoms with Crippen LogP contribution >= 0.6 is 11.8 Å². The van der Waals surface area contributed by atoms with Crippen molar-refractivity contribution in [3.8, 4) is 0 Å². The number of Topliss-reactive ketones (excluding diaryl/α,β-unsaturated/α-hetero) is 1. The summed E-state index contributed by atoms with van der Waals surface area (Å²) in [5, 5.41) is 4.00. The molecule has 18 heavy (non-hydrogen) atoms. The van der Waals surface area contributed by atoms with E-state index in [0.717, 1.165) is 6.54 Å². The maximum Gasteiger partial charge on any atom is 0.148 e. The predicted octanol–water partition coefficient (Wildman–Crippen LogP) is 3.44. The number of carbonyl (C=O) groups excluding carboxylic acids is 1. The Labute approximate surface area is 115 Å². The molecule has 0 spiro atoms. The van der Waals surface area contributed by atoms with Gasteiger partial charge in [0, 0.05) is 0 Å². The van der Waals surface area contributed by atoms with Crippen LogP contribution in [0.25, 0.3) is 0 Å². The van der Waals surface area contributed by atoms with Crippen LogP contribution in [0.2, 0.25) is 0 Å². The normalized spacial score (nSPS) is 14.5. The van der Waals surface area contributed by atoms with E-state index in [2.05, 4.69) is 31.3 Å². The van der Waals surface area contributed by atoms with Crippen LogP contribution in [0.4, 0.5) is 0 Å². The summed E-state index contributed by atoms with van der Waals surface area (Å²) in [7, 11) is 0. The highest BCUT2D eigenvalue weighted by molar-refractivity contribution is 8.00. The van der Waals surface area contributed by atoms with Gasteiger partial charge in [-0.3, -0.25) is 4.79 Å². The molecule has 1 aromatic carbocycles. The number of thioether (sulfide) groups is 1. The van der Waals surface area contributed by atoms with Gasteiger partial charge in [0.05, 0.1) is 11.3 Å². The van der Waals surface area contributed by atoms with Gasteiger partial charge in [0.2, 0.25) is 0 Å². The Morgan fingerprint density at radius 2 is 1.89 bits per heavy atom. The van der Waals surface area contributed by atoms with Crippen LogP contribution in [-0.2, 0) is 4.79 Å². The Bertz CT molecular complexity index is 364. The highest BCUT2D eigenvalue weighted by atomic mass is 32.2. The van der Waals surface area contributed by atoms with Crippen LogP contribution in [0.15, 0.2) is 30.3 Å². The van der Waals surface area contributed by atoms with Crippen molar-refractivity contribution in [3.05, 3.63) is 35.9 Å². The minimum atomic E-state index is -0.107. The molecule has 1 N–H and O–H groups in total. The molecule has 0 saturated carbocycles. The fourth-order valence-electron chi connectivity index (χ4n) is 1.97. The number of hydrogen-bond donors (Lipinski definition) is 1. The van der Waals surface area contributed by atoms with Gasteiger partial charge in [-0.25, -0.2) is 0 Å². The van der Waals surface area contributed by atoms with Crippen molar-refractivity contribution in [2.75, 3.05) is 6.54 Å². The van der Waals surface area contributed by atoms with Crippen LogP contribution in [0.1, 0.15) is 38.5 Å². The summed E-state index contributed by atoms with van der Waals surface area (Å²) in [6.45, 7) is 8.86. The van der Waals surface area contributed by atoms with Crippen LogP contribution in [0.3, 0.4) is 0 Å². The van der Waals surface area contributed by atoms with E-state index in [1.54, 1.807) is 6.92 Å². The molecule has 0 heterocycles. The minimum absolute atomic E-state index is 0.107. The standard InChI is InChI=1S/C15H23NOS/c1-5-16-14(12(4)17)15(18-11(2)3)13-9-7-6-8-10-13/h6-11,14-16H,5H2,1-4H3. The Kier molecular flexibility index (Phi) is 6.44. The Morgan fingerprint density at radius 1 is 1.28 bits per heavy atom. The van der Waals surface area contributed by atoms with Crippen LogP contribution < -0.4 is 5.32 Å². The molecule has 1 rings (SSSR count). The van der Waals surface area contributed by atoms with Gasteiger partial charge in [0.25, 0.3) is 0 Å². The Balaban J connectivity index is 2.99. The molecule has 0 aliphatic rings. The van der Waals surface area contributed by atoms with Crippen LogP contribution in [-0.4, -0.2) is 23.6 Å². The molecule has 2 unspecified atom stereocenters. The van der Waals surface area contributed by atoms with Gasteiger partial charge in [-0.1, -0.05) is 51.1 Å². The van der Waals surface area contributed by atoms with E-state index in [4.69, 9.17) is 0 Å². The van der Waals surface area contributed by atoms with Crippen LogP contribution in [0, 0.1) is 0 Å². The molecule has 2 atom stereocenters. The summed E-state index contributed by atoms with van der Waals surface area (Å²) in [6, 6.07) is 10.2. The molecule has 2 nitrogen and oxygen atoms in total. The van der Waals surface area contributed by atoms with Crippen LogP contribution in [0.5, 0.6) is 0 Å². The number of carbonyl (C=O) groups is 1. The largest absolute Gasteiger partial charge is 0.307 e. The van der Waals surface area contributed by atoms with E-state index in [1.807, 2.05) is 36.9 Å². The zero-order chi connectivity index (χ0) is 13.5. The third-order valence-electron chi connectivity index (χ3n) is 2.71. The van der Waals surface area contributed by atoms with E-state index in [0.29, 0.717) is 5.25 Å². The van der Waals surface area contributed by atoms with Gasteiger partial charge < -0.3 is 5.32 Å². The highest BCUT2D eigenvalue weighted by Gasteiger charge is 2.27. The number of ketones is 1. The minimum Gasteiger partial charge on any atom is -0.307 e. The van der Waals surface area contributed by atoms with Crippen molar-refractivity contribution >= 4 is 17.5 Å². The maximum absolute atomic E-state index is 11.9. The first kappa shape index (κ1) is 15.3. The Hall–Kier alpha value is -0.800. The average Bonchev–Trinajstić information content (AvgIpc) is 2.34. The molecule has 0 radical (unpaired) electrons. The topological polar surface area (TPSA) is 29.1 Å². The van der Waals surface area contributed by atoms with Crippen molar-refractivity contribution in [2.24, 2.45) is 0 Å². The second-order valence-electron chi connectivity index (χ2n) is 4.66. The smallest absolute Gasteiger partial charge is 0.148 e. The van der Waals surface area contributed by atoms with Gasteiger partial charge in [-0.15, -0.1) is 11.8 Å². The molecule has 0 bridgehead atoms. The number of likely N-dealkylation sites (N-methyl/N-ethyl adjacent to an activating group) is 1. The average molecular weight is 265 g/mol. The number of nitrogens with one attached hydrogen (secondary N) is 1. The molecular formula is C15H23NOS. The van der Waals surface area contributed by atoms with Crippen molar-refractivity contribution in [1.29, 1.82) is 0 Å². The second kappa shape index (κ2) is 7.59. The molecule has 0 aliphatic heterocycles. The number of hydrogen-bond acceptors (Lipinski definition) is 3. The van der Waals surface area contributed by atoms with Gasteiger partial charge >= 0.3 is 0 Å². The summed E-state index contributed by atoms with van der Waals surface area (Å²) < 4.78 is 0. The zero-order valence-electron chi connectivity index (χ0n) is 11.6. The fourth-order valence-corrected chi connectivity index (χ4v) is 3.32. The SMILES string of the molecule is CCNC(C(C)=O)C(SC(C)C)c1ccccc1. The predicted molar refractivity (Wildman–Crippen MR) is 80.1 cm³/mol. The van der Waals surface area contributed by atoms with Gasteiger partial charge in [0.15, 0.2) is 0 Å². The molecular weight excluding hydrogens is 242 g/mol. The van der Waals surface area contributed by atoms with Crippen molar-refractivity contribution in [1.82, 2.24) is 5.32 Å². The molecule has 0 saturated heterocycles. The van der Waals surface area contributed by atoms with E-state index < -0.39 is 0 Å². The van der Waals surface area contributed by atoms with Gasteiger partial charge in [-0.05, 0) is 24.3 Å². The lowest BCUT2D eigenvalue weighted by Crippen LogP contribution is -2.39. The highest BCUT2D eigenvalue weighted by Crippen LogP contribution is 2.35. The maximum atomic E-state index is 11.9. The monoisotopic (exact) mass is 265 g/mol. The van der Waals surface area contributed by atoms with E-state index in [-0.39, 0.29) is 17.1 Å². The molecule has 0 amide bonds. The lowest BCUT2D eigenvalue weighted by molar-refractivity contribution is -0.119. The number of rotatable bonds is 7. The fraction of sp³-hybridized carbons (Fsp3) is 0.533. The summed E-state index contributed by atoms with van der Waals surface area (Å²) in [4.78, 5) is 11.9. The van der Waals surface area contributed by atoms with Gasteiger partial charge in [-0.2, -0.15) is 0 Å². The van der Waals surface area contributed by atoms with E-state index >= 15 is 0 Å². The lowest BCUT2D eigenvalue weighted by Gasteiger charge is -2.27. The summed E-state index contributed by atoms with van der Waals surface area (Å²) in [6.07, 6.45) is 0. The third kappa shape index (κ3) is 4.46. The second-order valence-corrected chi connectivity index (χ2v) is 6.38. The molecule has 3 heteroatoms. The molecule has 1 aromatic rings. The summed E-state index contributed by atoms with van der Waals surface area (Å²) >= 11 is 1.85. The molecule has 100 valence electrons. The molecule has 0 fully saturated rings. The first-order valence-corrected chi connectivity index (χ1v) is 7.44. The summed E-state index contributed by atoms with van der Waals surface area (Å²) in [5.41, 5.74) is 1.22. The van der Waals surface area contributed by atoms with E-state index in [1.165, 1.54) is 5.56 Å². The quantitative estimate of drug-likeness (QED) is 0.819. The van der Waals surface area contributed by atoms with Gasteiger partial charge in [0.1, 0.15) is 5.78 Å². The van der Waals surface area contributed by atoms with Crippen molar-refractivity contribution < 1.29 is 4.79 Å². The first-order chi connectivity index (χ1) is 8.56. The summed E-state index contributed by atoms with van der Waals surface area (Å²) in [5.74, 6) is 0.207. The molecule has 0 aromatic heterocycles.